The van der Waals surface area contributed by atoms with Gasteiger partial charge < -0.3 is 33.1 Å². The van der Waals surface area contributed by atoms with Crippen molar-refractivity contribution in [3.8, 4) is 0 Å². The van der Waals surface area contributed by atoms with Crippen molar-refractivity contribution in [3.05, 3.63) is 17.4 Å². The number of rotatable bonds is 5. The molecule has 3 atom stereocenters. The normalized spacial score (nSPS) is 27.0. The maximum Gasteiger partial charge on any atom is 0.416 e. The molecule has 0 aliphatic carbocycles. The highest BCUT2D eigenvalue weighted by molar-refractivity contribution is 6.00. The van der Waals surface area contributed by atoms with E-state index in [0.29, 0.717) is 42.9 Å². The summed E-state index contributed by atoms with van der Waals surface area (Å²) >= 11 is 0. The van der Waals surface area contributed by atoms with Crippen molar-refractivity contribution in [1.29, 1.82) is 0 Å². The molecule has 0 N–H and O–H groups in total. The molecular weight excluding hydrogens is 425 g/mol. The number of halogens is 1. The van der Waals surface area contributed by atoms with E-state index in [9.17, 15) is 4.79 Å². The minimum absolute atomic E-state index is 0.0356. The van der Waals surface area contributed by atoms with Crippen LogP contribution in [0.2, 0.25) is 0 Å². The van der Waals surface area contributed by atoms with Crippen molar-refractivity contribution >= 4 is 28.6 Å². The van der Waals surface area contributed by atoms with Crippen LogP contribution >= 0.6 is 0 Å². The van der Waals surface area contributed by atoms with Crippen LogP contribution in [-0.2, 0) is 23.7 Å². The van der Waals surface area contributed by atoms with Gasteiger partial charge in [-0.05, 0) is 19.9 Å². The lowest BCUT2D eigenvalue weighted by Gasteiger charge is -2.38. The third-order valence-electron chi connectivity index (χ3n) is 5.78. The number of morpholine rings is 1. The fourth-order valence-corrected chi connectivity index (χ4v) is 4.60. The molecule has 0 bridgehead atoms. The largest absolute Gasteiger partial charge is 0.441 e. The first-order valence-electron chi connectivity index (χ1n) is 10.7. The Kier molecular flexibility index (Phi) is 5.66. The second-order valence-corrected chi connectivity index (χ2v) is 8.32. The first-order chi connectivity index (χ1) is 15.5. The average Bonchev–Trinajstić information content (AvgIpc) is 3.47. The smallest absolute Gasteiger partial charge is 0.416 e. The second kappa shape index (κ2) is 8.47. The van der Waals surface area contributed by atoms with E-state index in [-0.39, 0.29) is 36.8 Å². The van der Waals surface area contributed by atoms with Crippen molar-refractivity contribution in [3.63, 3.8) is 0 Å². The lowest BCUT2D eigenvalue weighted by molar-refractivity contribution is -0.0445. The number of hydrogen-bond acceptors (Lipinski definition) is 9. The number of methoxy groups -OCH3 is 1. The minimum atomic E-state index is -0.730. The molecule has 10 nitrogen and oxygen atoms in total. The van der Waals surface area contributed by atoms with E-state index in [2.05, 4.69) is 5.16 Å². The number of nitrogens with zero attached hydrogens (tertiary/aromatic N) is 3. The van der Waals surface area contributed by atoms with Crippen molar-refractivity contribution in [2.75, 3.05) is 56.4 Å². The Bertz CT molecular complexity index is 999. The maximum atomic E-state index is 15.9. The molecule has 32 heavy (non-hydrogen) atoms. The van der Waals surface area contributed by atoms with Crippen LogP contribution in [0.25, 0.3) is 11.0 Å². The van der Waals surface area contributed by atoms with Gasteiger partial charge in [0.2, 0.25) is 5.58 Å². The molecule has 4 heterocycles. The zero-order valence-corrected chi connectivity index (χ0v) is 18.2. The Morgan fingerprint density at radius 2 is 1.91 bits per heavy atom. The van der Waals surface area contributed by atoms with Gasteiger partial charge >= 0.3 is 6.09 Å². The van der Waals surface area contributed by atoms with Gasteiger partial charge in [0, 0.05) is 25.8 Å². The summed E-state index contributed by atoms with van der Waals surface area (Å²) in [6.45, 7) is 6.20. The van der Waals surface area contributed by atoms with E-state index >= 15 is 4.39 Å². The number of aromatic nitrogens is 1. The van der Waals surface area contributed by atoms with Crippen LogP contribution in [0.5, 0.6) is 0 Å². The maximum absolute atomic E-state index is 15.9. The molecule has 3 saturated heterocycles. The standard InChI is InChI=1S/C21H26FN3O7/c1-11-7-24(8-12(2)30-11)17-14(20-28-4-5-29-20)6-15-18(16(17)22)32-23-19(15)25-9-13(10-27-3)31-21(25)26/h6,11-13,20H,4-5,7-10H2,1-3H3/t11-,12-,13+/m1/s1. The topological polar surface area (TPSA) is 95.7 Å². The van der Waals surface area contributed by atoms with E-state index in [1.165, 1.54) is 12.0 Å². The van der Waals surface area contributed by atoms with Crippen LogP contribution in [0, 0.1) is 5.82 Å². The molecule has 0 saturated carbocycles. The molecule has 0 unspecified atom stereocenters. The van der Waals surface area contributed by atoms with Crippen molar-refractivity contribution in [2.24, 2.45) is 0 Å². The van der Waals surface area contributed by atoms with Gasteiger partial charge in [0.25, 0.3) is 0 Å². The molecule has 3 aliphatic heterocycles. The highest BCUT2D eigenvalue weighted by atomic mass is 19.1. The summed E-state index contributed by atoms with van der Waals surface area (Å²) in [7, 11) is 1.53. The average molecular weight is 451 g/mol. The van der Waals surface area contributed by atoms with Gasteiger partial charge in [-0.1, -0.05) is 5.16 Å². The molecule has 0 spiro atoms. The first kappa shape index (κ1) is 21.4. The molecule has 1 aromatic carbocycles. The molecule has 11 heteroatoms. The number of carbonyl (C=O) groups is 1. The molecule has 5 rings (SSSR count). The monoisotopic (exact) mass is 451 g/mol. The summed E-state index contributed by atoms with van der Waals surface area (Å²) in [6.07, 6.45) is -1.91. The molecule has 174 valence electrons. The number of ether oxygens (including phenoxy) is 5. The van der Waals surface area contributed by atoms with E-state index < -0.39 is 24.3 Å². The third-order valence-corrected chi connectivity index (χ3v) is 5.78. The number of benzene rings is 1. The van der Waals surface area contributed by atoms with Gasteiger partial charge in [-0.25, -0.2) is 9.18 Å². The lowest BCUT2D eigenvalue weighted by Crippen LogP contribution is -2.46. The van der Waals surface area contributed by atoms with Crippen LogP contribution in [-0.4, -0.2) is 76.1 Å². The quantitative estimate of drug-likeness (QED) is 0.680. The Hall–Kier alpha value is -2.47. The Morgan fingerprint density at radius 3 is 2.59 bits per heavy atom. The van der Waals surface area contributed by atoms with Crippen molar-refractivity contribution in [1.82, 2.24) is 5.16 Å². The highest BCUT2D eigenvalue weighted by Gasteiger charge is 2.38. The van der Waals surface area contributed by atoms with Gasteiger partial charge in [-0.2, -0.15) is 0 Å². The summed E-state index contributed by atoms with van der Waals surface area (Å²) < 4.78 is 49.0. The van der Waals surface area contributed by atoms with Gasteiger partial charge in [0.05, 0.1) is 49.6 Å². The molecule has 1 amide bonds. The number of carbonyl (C=O) groups excluding carboxylic acids is 1. The van der Waals surface area contributed by atoms with Gasteiger partial charge in [0.15, 0.2) is 17.9 Å². The zero-order valence-electron chi connectivity index (χ0n) is 18.2. The highest BCUT2D eigenvalue weighted by Crippen LogP contribution is 2.42. The van der Waals surface area contributed by atoms with Crippen molar-refractivity contribution < 1.29 is 37.4 Å². The van der Waals surface area contributed by atoms with E-state index in [1.54, 1.807) is 6.07 Å². The Morgan fingerprint density at radius 1 is 1.19 bits per heavy atom. The van der Waals surface area contributed by atoms with Crippen molar-refractivity contribution in [2.45, 2.75) is 38.4 Å². The summed E-state index contributed by atoms with van der Waals surface area (Å²) in [5, 5.41) is 4.36. The van der Waals surface area contributed by atoms with Crippen LogP contribution in [0.4, 0.5) is 20.7 Å². The zero-order chi connectivity index (χ0) is 22.4. The Labute approximate surface area is 184 Å². The summed E-state index contributed by atoms with van der Waals surface area (Å²) in [5.41, 5.74) is 0.834. The predicted molar refractivity (Wildman–Crippen MR) is 110 cm³/mol. The van der Waals surface area contributed by atoms with Gasteiger partial charge in [-0.3, -0.25) is 4.90 Å². The number of cyclic esters (lactones) is 1. The van der Waals surface area contributed by atoms with Crippen LogP contribution in [0.1, 0.15) is 25.7 Å². The first-order valence-corrected chi connectivity index (χ1v) is 10.7. The summed E-state index contributed by atoms with van der Waals surface area (Å²) in [4.78, 5) is 15.7. The Balaban J connectivity index is 1.60. The second-order valence-electron chi connectivity index (χ2n) is 8.32. The van der Waals surface area contributed by atoms with E-state index in [1.807, 2.05) is 18.7 Å². The molecule has 3 aliphatic rings. The number of hydrogen-bond donors (Lipinski definition) is 0. The van der Waals surface area contributed by atoms with E-state index in [4.69, 9.17) is 28.2 Å². The molecule has 2 aromatic rings. The SMILES string of the molecule is COC[C@@H]1CN(c2noc3c(F)c(N4C[C@@H](C)O[C@H](C)C4)c(C4OCCO4)cc23)C(=O)O1. The van der Waals surface area contributed by atoms with Crippen LogP contribution in [0.3, 0.4) is 0 Å². The number of amides is 1. The van der Waals surface area contributed by atoms with Gasteiger partial charge in [-0.15, -0.1) is 0 Å². The fraction of sp³-hybridized carbons (Fsp3) is 0.619. The third kappa shape index (κ3) is 3.68. The minimum Gasteiger partial charge on any atom is -0.441 e. The molecule has 1 aromatic heterocycles. The summed E-state index contributed by atoms with van der Waals surface area (Å²) in [5.74, 6) is -0.380. The number of fused-ring (bicyclic) bond motifs is 1. The predicted octanol–water partition coefficient (Wildman–Crippen LogP) is 2.60. The summed E-state index contributed by atoms with van der Waals surface area (Å²) in [6, 6.07) is 1.73. The lowest BCUT2D eigenvalue weighted by atomic mass is 10.0. The molecular formula is C21H26FN3O7. The number of anilines is 2. The van der Waals surface area contributed by atoms with Gasteiger partial charge in [0.1, 0.15) is 6.10 Å². The van der Waals surface area contributed by atoms with Crippen LogP contribution in [0.15, 0.2) is 10.6 Å². The molecule has 3 fully saturated rings. The molecule has 0 radical (unpaired) electrons. The van der Waals surface area contributed by atoms with Crippen LogP contribution < -0.4 is 9.80 Å². The fourth-order valence-electron chi connectivity index (χ4n) is 4.60. The van der Waals surface area contributed by atoms with E-state index in [0.717, 1.165) is 0 Å².